The van der Waals surface area contributed by atoms with Crippen molar-refractivity contribution in [1.82, 2.24) is 10.3 Å². The third-order valence-corrected chi connectivity index (χ3v) is 2.67. The Morgan fingerprint density at radius 3 is 3.00 bits per heavy atom. The second kappa shape index (κ2) is 5.89. The molecule has 2 heterocycles. The lowest BCUT2D eigenvalue weighted by molar-refractivity contribution is 0.494. The van der Waals surface area contributed by atoms with E-state index < -0.39 is 0 Å². The highest BCUT2D eigenvalue weighted by molar-refractivity contribution is 6.31. The van der Waals surface area contributed by atoms with Crippen LogP contribution in [0.25, 0.3) is 11.3 Å². The lowest BCUT2D eigenvalue weighted by atomic mass is 10.3. The molecule has 0 radical (unpaired) electrons. The van der Waals surface area contributed by atoms with Gasteiger partial charge in [-0.2, -0.15) is 0 Å². The van der Waals surface area contributed by atoms with Gasteiger partial charge in [-0.15, -0.1) is 0 Å². The van der Waals surface area contributed by atoms with Crippen molar-refractivity contribution < 1.29 is 8.83 Å². The van der Waals surface area contributed by atoms with E-state index in [1.165, 1.54) is 6.26 Å². The van der Waals surface area contributed by atoms with Crippen LogP contribution in [-0.2, 0) is 6.42 Å². The molecule has 0 aliphatic heterocycles. The van der Waals surface area contributed by atoms with Crippen LogP contribution in [0.2, 0.25) is 5.22 Å². The van der Waals surface area contributed by atoms with E-state index in [-0.39, 0.29) is 0 Å². The molecule has 0 atom stereocenters. The molecule has 2 aromatic heterocycles. The van der Waals surface area contributed by atoms with Gasteiger partial charge in [0.1, 0.15) is 0 Å². The minimum atomic E-state index is 0.330. The summed E-state index contributed by atoms with van der Waals surface area (Å²) >= 11 is 5.86. The van der Waals surface area contributed by atoms with Crippen LogP contribution in [0.4, 0.5) is 0 Å². The van der Waals surface area contributed by atoms with Crippen LogP contribution < -0.4 is 5.32 Å². The van der Waals surface area contributed by atoms with Crippen molar-refractivity contribution in [2.45, 2.75) is 19.8 Å². The van der Waals surface area contributed by atoms with Crippen molar-refractivity contribution in [1.29, 1.82) is 0 Å². The molecule has 0 aliphatic carbocycles. The number of nitrogens with one attached hydrogen (secondary N) is 1. The molecule has 0 aromatic carbocycles. The van der Waals surface area contributed by atoms with Gasteiger partial charge in [-0.25, -0.2) is 4.98 Å². The van der Waals surface area contributed by atoms with Crippen molar-refractivity contribution in [2.24, 2.45) is 0 Å². The van der Waals surface area contributed by atoms with Crippen molar-refractivity contribution in [3.8, 4) is 11.3 Å². The fourth-order valence-electron chi connectivity index (χ4n) is 1.52. The highest BCUT2D eigenvalue weighted by Gasteiger charge is 2.11. The van der Waals surface area contributed by atoms with E-state index in [9.17, 15) is 0 Å². The van der Waals surface area contributed by atoms with Crippen molar-refractivity contribution in [2.75, 3.05) is 13.1 Å². The highest BCUT2D eigenvalue weighted by Crippen LogP contribution is 2.29. The molecule has 2 aromatic rings. The summed E-state index contributed by atoms with van der Waals surface area (Å²) in [5.41, 5.74) is 0.743. The summed E-state index contributed by atoms with van der Waals surface area (Å²) in [5.74, 6) is 1.36. The van der Waals surface area contributed by atoms with Crippen LogP contribution >= 0.6 is 11.6 Å². The number of oxazole rings is 1. The average molecular weight is 255 g/mol. The summed E-state index contributed by atoms with van der Waals surface area (Å²) in [4.78, 5) is 4.20. The Balaban J connectivity index is 1.95. The SMILES string of the molecule is CCCNCCc1ncc(-c2ccoc2Cl)o1. The zero-order chi connectivity index (χ0) is 12.1. The van der Waals surface area contributed by atoms with E-state index in [0.29, 0.717) is 16.9 Å². The van der Waals surface area contributed by atoms with Gasteiger partial charge in [0.05, 0.1) is 18.0 Å². The number of hydrogen-bond donors (Lipinski definition) is 1. The number of halogens is 1. The van der Waals surface area contributed by atoms with Gasteiger partial charge in [-0.3, -0.25) is 0 Å². The topological polar surface area (TPSA) is 51.2 Å². The third-order valence-electron chi connectivity index (χ3n) is 2.38. The zero-order valence-electron chi connectivity index (χ0n) is 9.70. The molecule has 0 aliphatic rings. The number of hydrogen-bond acceptors (Lipinski definition) is 4. The van der Waals surface area contributed by atoms with Crippen LogP contribution in [0.3, 0.4) is 0 Å². The first-order valence-electron chi connectivity index (χ1n) is 5.70. The molecule has 0 spiro atoms. The van der Waals surface area contributed by atoms with Gasteiger partial charge in [0.15, 0.2) is 11.7 Å². The van der Waals surface area contributed by atoms with Gasteiger partial charge in [0, 0.05) is 13.0 Å². The Hall–Kier alpha value is -1.26. The third kappa shape index (κ3) is 3.11. The van der Waals surface area contributed by atoms with Crippen LogP contribution in [0.5, 0.6) is 0 Å². The Bertz CT molecular complexity index is 465. The Labute approximate surface area is 105 Å². The fraction of sp³-hybridized carbons (Fsp3) is 0.417. The number of rotatable bonds is 6. The maximum atomic E-state index is 5.86. The van der Waals surface area contributed by atoms with Crippen LogP contribution in [0, 0.1) is 0 Å². The minimum Gasteiger partial charge on any atom is -0.452 e. The summed E-state index contributed by atoms with van der Waals surface area (Å²) in [5, 5.41) is 3.62. The second-order valence-corrected chi connectivity index (χ2v) is 4.07. The number of furan rings is 1. The van der Waals surface area contributed by atoms with Gasteiger partial charge in [-0.1, -0.05) is 6.92 Å². The van der Waals surface area contributed by atoms with Gasteiger partial charge < -0.3 is 14.2 Å². The molecular formula is C12H15ClN2O2. The quantitative estimate of drug-likeness (QED) is 0.805. The first-order chi connectivity index (χ1) is 8.31. The number of nitrogens with zero attached hydrogens (tertiary/aromatic N) is 1. The molecule has 0 unspecified atom stereocenters. The molecule has 4 nitrogen and oxygen atoms in total. The molecule has 2 rings (SSSR count). The zero-order valence-corrected chi connectivity index (χ0v) is 10.5. The van der Waals surface area contributed by atoms with Gasteiger partial charge >= 0.3 is 0 Å². The van der Waals surface area contributed by atoms with E-state index in [4.69, 9.17) is 20.4 Å². The molecule has 1 N–H and O–H groups in total. The molecular weight excluding hydrogens is 240 g/mol. The summed E-state index contributed by atoms with van der Waals surface area (Å²) in [6, 6.07) is 1.77. The van der Waals surface area contributed by atoms with E-state index in [0.717, 1.165) is 31.5 Å². The van der Waals surface area contributed by atoms with Gasteiger partial charge in [-0.05, 0) is 30.6 Å². The Kier molecular flexibility index (Phi) is 4.23. The van der Waals surface area contributed by atoms with Crippen LogP contribution in [0.15, 0.2) is 27.4 Å². The maximum Gasteiger partial charge on any atom is 0.204 e. The van der Waals surface area contributed by atoms with Crippen LogP contribution in [-0.4, -0.2) is 18.1 Å². The molecule has 0 amide bonds. The lowest BCUT2D eigenvalue weighted by Gasteiger charge is -1.99. The van der Waals surface area contributed by atoms with Gasteiger partial charge in [0.25, 0.3) is 0 Å². The lowest BCUT2D eigenvalue weighted by Crippen LogP contribution is -2.17. The molecule has 0 saturated carbocycles. The second-order valence-electron chi connectivity index (χ2n) is 3.73. The molecule has 17 heavy (non-hydrogen) atoms. The van der Waals surface area contributed by atoms with E-state index in [2.05, 4.69) is 17.2 Å². The van der Waals surface area contributed by atoms with Crippen molar-refractivity contribution in [3.63, 3.8) is 0 Å². The van der Waals surface area contributed by atoms with Gasteiger partial charge in [0.2, 0.25) is 5.22 Å². The van der Waals surface area contributed by atoms with Crippen molar-refractivity contribution >= 4 is 11.6 Å². The predicted molar refractivity (Wildman–Crippen MR) is 66.1 cm³/mol. The fourth-order valence-corrected chi connectivity index (χ4v) is 1.72. The molecule has 0 fully saturated rings. The Morgan fingerprint density at radius 1 is 1.41 bits per heavy atom. The molecule has 5 heteroatoms. The Morgan fingerprint density at radius 2 is 2.29 bits per heavy atom. The van der Waals surface area contributed by atoms with Crippen LogP contribution in [0.1, 0.15) is 19.2 Å². The van der Waals surface area contributed by atoms with Crippen molar-refractivity contribution in [3.05, 3.63) is 29.6 Å². The highest BCUT2D eigenvalue weighted by atomic mass is 35.5. The molecule has 92 valence electrons. The predicted octanol–water partition coefficient (Wildman–Crippen LogP) is 3.13. The first kappa shape index (κ1) is 12.2. The molecule has 0 bridgehead atoms. The summed E-state index contributed by atoms with van der Waals surface area (Å²) in [6.45, 7) is 4.02. The van der Waals surface area contributed by atoms with E-state index in [1.54, 1.807) is 12.3 Å². The maximum absolute atomic E-state index is 5.86. The minimum absolute atomic E-state index is 0.330. The largest absolute Gasteiger partial charge is 0.452 e. The molecule has 0 saturated heterocycles. The average Bonchev–Trinajstić information content (AvgIpc) is 2.93. The van der Waals surface area contributed by atoms with E-state index >= 15 is 0 Å². The summed E-state index contributed by atoms with van der Waals surface area (Å²) < 4.78 is 10.6. The first-order valence-corrected chi connectivity index (χ1v) is 6.08. The smallest absolute Gasteiger partial charge is 0.204 e. The monoisotopic (exact) mass is 254 g/mol. The van der Waals surface area contributed by atoms with E-state index in [1.807, 2.05) is 0 Å². The standard InChI is InChI=1S/C12H15ClN2O2/c1-2-5-14-6-3-11-15-8-10(17-11)9-4-7-16-12(9)13/h4,7-8,14H,2-3,5-6H2,1H3. The normalized spacial score (nSPS) is 10.9. The number of aromatic nitrogens is 1. The summed E-state index contributed by atoms with van der Waals surface area (Å²) in [6.07, 6.45) is 5.10. The summed E-state index contributed by atoms with van der Waals surface area (Å²) in [7, 11) is 0.